The van der Waals surface area contributed by atoms with Crippen LogP contribution in [0.3, 0.4) is 0 Å². The fraction of sp³-hybridized carbons (Fsp3) is 0.533. The Hall–Kier alpha value is -0.910. The first-order chi connectivity index (χ1) is 9.51. The van der Waals surface area contributed by atoms with Crippen molar-refractivity contribution in [1.29, 1.82) is 0 Å². The van der Waals surface area contributed by atoms with Gasteiger partial charge in [-0.25, -0.2) is 0 Å². The average Bonchev–Trinajstić information content (AvgIpc) is 2.80. The van der Waals surface area contributed by atoms with Crippen LogP contribution in [0.4, 0.5) is 0 Å². The van der Waals surface area contributed by atoms with Crippen LogP contribution >= 0.6 is 15.9 Å². The van der Waals surface area contributed by atoms with Gasteiger partial charge in [-0.2, -0.15) is 0 Å². The van der Waals surface area contributed by atoms with Gasteiger partial charge in [0.1, 0.15) is 5.54 Å². The summed E-state index contributed by atoms with van der Waals surface area (Å²) in [5.41, 5.74) is 7.41. The van der Waals surface area contributed by atoms with E-state index in [1.54, 1.807) is 7.11 Å². The highest BCUT2D eigenvalue weighted by Gasteiger charge is 2.46. The number of likely N-dealkylation sites (tertiary alicyclic amines) is 1. The molecule has 5 heteroatoms. The highest BCUT2D eigenvalue weighted by Crippen LogP contribution is 2.32. The van der Waals surface area contributed by atoms with Crippen molar-refractivity contribution in [2.45, 2.75) is 31.8 Å². The molecule has 2 N–H and O–H groups in total. The summed E-state index contributed by atoms with van der Waals surface area (Å²) in [6.07, 6.45) is 1.74. The minimum Gasteiger partial charge on any atom is -0.382 e. The second-order valence-electron chi connectivity index (χ2n) is 5.38. The zero-order valence-electron chi connectivity index (χ0n) is 12.0. The van der Waals surface area contributed by atoms with Crippen LogP contribution in [0.25, 0.3) is 0 Å². The number of amides is 1. The minimum atomic E-state index is -0.663. The fourth-order valence-electron chi connectivity index (χ4n) is 2.95. The van der Waals surface area contributed by atoms with E-state index in [4.69, 9.17) is 10.5 Å². The Bertz CT molecular complexity index is 507. The largest absolute Gasteiger partial charge is 0.382 e. The maximum Gasteiger partial charge on any atom is 0.240 e. The van der Waals surface area contributed by atoms with Crippen LogP contribution < -0.4 is 5.73 Å². The number of nitrogens with zero attached hydrogens (tertiary/aromatic N) is 1. The molecule has 1 heterocycles. The van der Waals surface area contributed by atoms with Crippen LogP contribution in [0.15, 0.2) is 22.7 Å². The Morgan fingerprint density at radius 3 is 2.95 bits per heavy atom. The number of benzene rings is 1. The molecule has 1 fully saturated rings. The molecule has 1 unspecified atom stereocenters. The van der Waals surface area contributed by atoms with Gasteiger partial charge in [0.15, 0.2) is 0 Å². The van der Waals surface area contributed by atoms with Crippen LogP contribution in [0.2, 0.25) is 0 Å². The normalized spacial score (nSPS) is 23.1. The van der Waals surface area contributed by atoms with Crippen molar-refractivity contribution in [3.05, 3.63) is 33.8 Å². The van der Waals surface area contributed by atoms with E-state index in [0.717, 1.165) is 30.4 Å². The molecule has 1 aromatic rings. The Labute approximate surface area is 128 Å². The van der Waals surface area contributed by atoms with Gasteiger partial charge in [0.25, 0.3) is 0 Å². The van der Waals surface area contributed by atoms with Crippen molar-refractivity contribution < 1.29 is 9.53 Å². The van der Waals surface area contributed by atoms with Crippen LogP contribution in [-0.2, 0) is 16.1 Å². The van der Waals surface area contributed by atoms with Crippen molar-refractivity contribution >= 4 is 21.8 Å². The zero-order valence-corrected chi connectivity index (χ0v) is 13.6. The lowest BCUT2D eigenvalue weighted by Crippen LogP contribution is -2.56. The molecule has 1 atom stereocenters. The molecule has 110 valence electrons. The number of halogens is 1. The van der Waals surface area contributed by atoms with E-state index in [9.17, 15) is 4.79 Å². The van der Waals surface area contributed by atoms with E-state index in [2.05, 4.69) is 33.8 Å². The van der Waals surface area contributed by atoms with E-state index in [0.29, 0.717) is 6.61 Å². The van der Waals surface area contributed by atoms with Crippen molar-refractivity contribution in [3.8, 4) is 0 Å². The minimum absolute atomic E-state index is 0.288. The third-order valence-corrected chi connectivity index (χ3v) is 5.07. The number of rotatable bonds is 5. The molecule has 0 bridgehead atoms. The highest BCUT2D eigenvalue weighted by molar-refractivity contribution is 9.10. The van der Waals surface area contributed by atoms with Crippen molar-refractivity contribution in [1.82, 2.24) is 4.90 Å². The van der Waals surface area contributed by atoms with Crippen LogP contribution in [-0.4, -0.2) is 36.6 Å². The molecule has 20 heavy (non-hydrogen) atoms. The number of ether oxygens (including phenoxy) is 1. The molecule has 1 amide bonds. The monoisotopic (exact) mass is 340 g/mol. The summed E-state index contributed by atoms with van der Waals surface area (Å²) in [6, 6.07) is 6.14. The van der Waals surface area contributed by atoms with E-state index in [-0.39, 0.29) is 5.91 Å². The molecule has 0 aliphatic carbocycles. The number of nitrogens with two attached hydrogens (primary N) is 1. The maximum absolute atomic E-state index is 12.0. The predicted octanol–water partition coefficient (Wildman–Crippen LogP) is 2.22. The lowest BCUT2D eigenvalue weighted by Gasteiger charge is -2.35. The van der Waals surface area contributed by atoms with Crippen LogP contribution in [0.1, 0.15) is 24.0 Å². The van der Waals surface area contributed by atoms with Gasteiger partial charge in [-0.1, -0.05) is 28.1 Å². The third kappa shape index (κ3) is 2.75. The molecule has 0 saturated carbocycles. The van der Waals surface area contributed by atoms with Gasteiger partial charge in [0.05, 0.1) is 6.61 Å². The quantitative estimate of drug-likeness (QED) is 0.894. The summed E-state index contributed by atoms with van der Waals surface area (Å²) in [6.45, 7) is 4.03. The molecular weight excluding hydrogens is 320 g/mol. The first-order valence-electron chi connectivity index (χ1n) is 6.79. The highest BCUT2D eigenvalue weighted by atomic mass is 79.9. The van der Waals surface area contributed by atoms with Crippen molar-refractivity contribution in [2.75, 3.05) is 20.3 Å². The lowest BCUT2D eigenvalue weighted by molar-refractivity contribution is -0.132. The Morgan fingerprint density at radius 2 is 2.30 bits per heavy atom. The SMILES string of the molecule is COCC1(C(N)=O)CCCN1Cc1cccc(Br)c1C. The Kier molecular flexibility index (Phi) is 4.83. The summed E-state index contributed by atoms with van der Waals surface area (Å²) >= 11 is 3.55. The van der Waals surface area contributed by atoms with E-state index < -0.39 is 5.54 Å². The Morgan fingerprint density at radius 1 is 1.55 bits per heavy atom. The standard InChI is InChI=1S/C15H21BrN2O2/c1-11-12(5-3-6-13(11)16)9-18-8-4-7-15(18,10-20-2)14(17)19/h3,5-6H,4,7-10H2,1-2H3,(H2,17,19). The number of primary amides is 1. The van der Waals surface area contributed by atoms with Gasteiger partial charge in [0.2, 0.25) is 5.91 Å². The molecule has 1 saturated heterocycles. The summed E-state index contributed by atoms with van der Waals surface area (Å²) in [7, 11) is 1.62. The Balaban J connectivity index is 2.27. The van der Waals surface area contributed by atoms with Gasteiger partial charge in [0, 0.05) is 18.1 Å². The summed E-state index contributed by atoms with van der Waals surface area (Å²) < 4.78 is 6.35. The maximum atomic E-state index is 12.0. The second-order valence-corrected chi connectivity index (χ2v) is 6.23. The molecule has 2 rings (SSSR count). The summed E-state index contributed by atoms with van der Waals surface area (Å²) in [4.78, 5) is 14.1. The van der Waals surface area contributed by atoms with Crippen LogP contribution in [0.5, 0.6) is 0 Å². The first kappa shape index (κ1) is 15.5. The summed E-state index contributed by atoms with van der Waals surface area (Å²) in [5.74, 6) is -0.288. The molecule has 1 aliphatic heterocycles. The number of methoxy groups -OCH3 is 1. The molecule has 0 aromatic heterocycles. The fourth-order valence-corrected chi connectivity index (χ4v) is 3.35. The first-order valence-corrected chi connectivity index (χ1v) is 7.58. The van der Waals surface area contributed by atoms with Gasteiger partial charge in [-0.15, -0.1) is 0 Å². The average molecular weight is 341 g/mol. The van der Waals surface area contributed by atoms with Gasteiger partial charge < -0.3 is 10.5 Å². The van der Waals surface area contributed by atoms with Crippen molar-refractivity contribution in [3.63, 3.8) is 0 Å². The number of carbonyl (C=O) groups excluding carboxylic acids is 1. The van der Waals surface area contributed by atoms with E-state index in [1.807, 2.05) is 12.1 Å². The van der Waals surface area contributed by atoms with Gasteiger partial charge >= 0.3 is 0 Å². The smallest absolute Gasteiger partial charge is 0.240 e. The lowest BCUT2D eigenvalue weighted by atomic mass is 9.95. The second kappa shape index (κ2) is 6.24. The number of hydrogen-bond donors (Lipinski definition) is 1. The van der Waals surface area contributed by atoms with Crippen LogP contribution in [0, 0.1) is 6.92 Å². The summed E-state index contributed by atoms with van der Waals surface area (Å²) in [5, 5.41) is 0. The molecule has 0 radical (unpaired) electrons. The van der Waals surface area contributed by atoms with Gasteiger partial charge in [-0.3, -0.25) is 9.69 Å². The number of hydrogen-bond acceptors (Lipinski definition) is 3. The zero-order chi connectivity index (χ0) is 14.8. The molecule has 1 aromatic carbocycles. The number of carbonyl (C=O) groups is 1. The molecular formula is C15H21BrN2O2. The molecule has 1 aliphatic rings. The third-order valence-electron chi connectivity index (χ3n) is 4.21. The topological polar surface area (TPSA) is 55.6 Å². The van der Waals surface area contributed by atoms with Crippen molar-refractivity contribution in [2.24, 2.45) is 5.73 Å². The van der Waals surface area contributed by atoms with E-state index in [1.165, 1.54) is 11.1 Å². The van der Waals surface area contributed by atoms with Gasteiger partial charge in [-0.05, 0) is 43.5 Å². The predicted molar refractivity (Wildman–Crippen MR) is 82.3 cm³/mol. The molecule has 4 nitrogen and oxygen atoms in total. The van der Waals surface area contributed by atoms with E-state index >= 15 is 0 Å². The molecule has 0 spiro atoms.